The number of hydrogen-bond donors (Lipinski definition) is 5. The van der Waals surface area contributed by atoms with Crippen LogP contribution >= 0.6 is 11.3 Å². The third-order valence-electron chi connectivity index (χ3n) is 9.35. The molecule has 0 unspecified atom stereocenters. The van der Waals surface area contributed by atoms with Crippen LogP contribution in [-0.4, -0.2) is 97.0 Å². The van der Waals surface area contributed by atoms with Crippen LogP contribution in [0.15, 0.2) is 77.4 Å². The van der Waals surface area contributed by atoms with Gasteiger partial charge in [-0.1, -0.05) is 65.8 Å². The molecule has 64 heavy (non-hydrogen) atoms. The second-order valence-electron chi connectivity index (χ2n) is 17.1. The van der Waals surface area contributed by atoms with Gasteiger partial charge in [0.05, 0.1) is 25.3 Å². The van der Waals surface area contributed by atoms with Crippen molar-refractivity contribution in [3.63, 3.8) is 0 Å². The molecule has 1 saturated heterocycles. The number of ether oxygens (including phenoxy) is 3. The topological polar surface area (TPSA) is 255 Å². The molecular weight excluding hydrogens is 849 g/mol. The van der Waals surface area contributed by atoms with E-state index < -0.39 is 65.0 Å². The molecule has 0 radical (unpaired) electrons. The smallest absolute Gasteiger partial charge is 0.413 e. The van der Waals surface area contributed by atoms with Crippen LogP contribution in [0, 0.1) is 0 Å². The van der Waals surface area contributed by atoms with E-state index in [1.54, 1.807) is 41.5 Å². The lowest BCUT2D eigenvalue weighted by molar-refractivity contribution is -0.164. The molecule has 0 bridgehead atoms. The minimum atomic E-state index is -1.50. The molecule has 2 aromatic carbocycles. The molecule has 2 aromatic heterocycles. The van der Waals surface area contributed by atoms with Crippen molar-refractivity contribution in [2.24, 2.45) is 5.16 Å². The lowest BCUT2D eigenvalue weighted by Crippen LogP contribution is -2.70. The number of aromatic nitrogens is 4. The maximum Gasteiger partial charge on any atom is 0.413 e. The van der Waals surface area contributed by atoms with Crippen LogP contribution in [0.4, 0.5) is 14.7 Å². The summed E-state index contributed by atoms with van der Waals surface area (Å²) in [5.74, 6) is -2.28. The molecule has 20 nitrogen and oxygen atoms in total. The number of esters is 1. The Bertz CT molecular complexity index is 2300. The van der Waals surface area contributed by atoms with Gasteiger partial charge in [-0.25, -0.2) is 19.4 Å². The minimum absolute atomic E-state index is 0.0137. The molecule has 3 heterocycles. The number of rotatable bonds is 18. The summed E-state index contributed by atoms with van der Waals surface area (Å²) < 4.78 is 16.6. The number of nitrogens with one attached hydrogen (secondary N) is 5. The Labute approximate surface area is 373 Å². The second kappa shape index (κ2) is 20.1. The summed E-state index contributed by atoms with van der Waals surface area (Å²) in [6.45, 7) is 10.8. The lowest BCUT2D eigenvalue weighted by Gasteiger charge is -2.36. The number of hydrogen-bond acceptors (Lipinski definition) is 15. The molecule has 0 spiro atoms. The number of benzene rings is 2. The third kappa shape index (κ3) is 13.3. The van der Waals surface area contributed by atoms with Gasteiger partial charge in [-0.05, 0) is 59.1 Å². The number of thiazole rings is 1. The molecule has 5 amide bonds. The SMILES string of the molecule is CC(C)(C)OC(=O)NCCCC(=O)NCc1cnn(C[C@@H]2NC(=O)[C@H]2NC(=O)C(=NOC2(C(=O)OC(c3ccccc3)c3ccccc3)CC2)c2csc(NC(=O)OC(C)(C)C)n2)n1. The highest BCUT2D eigenvalue weighted by Crippen LogP contribution is 2.43. The maximum absolute atomic E-state index is 14.0. The van der Waals surface area contributed by atoms with Gasteiger partial charge in [0.1, 0.15) is 28.6 Å². The van der Waals surface area contributed by atoms with Gasteiger partial charge in [-0.3, -0.25) is 19.7 Å². The zero-order valence-electron chi connectivity index (χ0n) is 36.3. The van der Waals surface area contributed by atoms with Gasteiger partial charge in [0.15, 0.2) is 16.9 Å². The van der Waals surface area contributed by atoms with Crippen molar-refractivity contribution in [1.82, 2.24) is 41.2 Å². The van der Waals surface area contributed by atoms with Crippen molar-refractivity contribution in [3.05, 3.63) is 94.8 Å². The number of anilines is 1. The molecule has 6 rings (SSSR count). The molecule has 1 aliphatic heterocycles. The number of carbonyl (C=O) groups is 6. The summed E-state index contributed by atoms with van der Waals surface area (Å²) in [5, 5.41) is 27.6. The van der Waals surface area contributed by atoms with Crippen LogP contribution in [0.25, 0.3) is 0 Å². The predicted octanol–water partition coefficient (Wildman–Crippen LogP) is 4.27. The number of amides is 5. The van der Waals surface area contributed by atoms with E-state index in [0.29, 0.717) is 12.1 Å². The first-order valence-corrected chi connectivity index (χ1v) is 21.5. The highest BCUT2D eigenvalue weighted by molar-refractivity contribution is 7.14. The van der Waals surface area contributed by atoms with Gasteiger partial charge < -0.3 is 40.3 Å². The fourth-order valence-electron chi connectivity index (χ4n) is 6.09. The van der Waals surface area contributed by atoms with Gasteiger partial charge in [0, 0.05) is 31.2 Å². The van der Waals surface area contributed by atoms with E-state index in [4.69, 9.17) is 19.0 Å². The summed E-state index contributed by atoms with van der Waals surface area (Å²) in [6, 6.07) is 16.8. The molecule has 5 N–H and O–H groups in total. The molecular formula is C43H52N10O10S. The maximum atomic E-state index is 14.0. The molecule has 1 aliphatic carbocycles. The van der Waals surface area contributed by atoms with Crippen molar-refractivity contribution in [2.75, 3.05) is 11.9 Å². The Morgan fingerprint density at radius 1 is 0.922 bits per heavy atom. The van der Waals surface area contributed by atoms with Gasteiger partial charge in [0.2, 0.25) is 17.4 Å². The molecule has 1 saturated carbocycles. The van der Waals surface area contributed by atoms with E-state index in [1.165, 1.54) is 16.4 Å². The number of β-lactam (4-membered cyclic amide) rings is 1. The van der Waals surface area contributed by atoms with Crippen molar-refractivity contribution in [1.29, 1.82) is 0 Å². The molecule has 2 aliphatic rings. The Balaban J connectivity index is 1.10. The van der Waals surface area contributed by atoms with Gasteiger partial charge in [-0.15, -0.1) is 11.3 Å². The lowest BCUT2D eigenvalue weighted by atomic mass is 9.98. The Morgan fingerprint density at radius 3 is 2.17 bits per heavy atom. The standard InChI is InChI=1S/C43H52N10O10S/c1-41(2,3)61-39(58)44-21-13-18-31(54)45-22-28-23-46-53(51-28)24-29-32(35(55)47-29)49-36(56)33(30-25-64-38(48-30)50-40(59)62-42(4,5)6)52-63-43(19-20-43)37(57)60-34(26-14-9-7-10-15-26)27-16-11-8-12-17-27/h7-12,14-17,23,25,29,32,34H,13,18-22,24H2,1-6H3,(H,44,58)(H,45,54)(H,47,55)(H,49,56)(H,48,50,59)/t29-,32-/m0/s1. The number of carbonyl (C=O) groups excluding carboxylic acids is 6. The number of nitrogens with zero attached hydrogens (tertiary/aromatic N) is 5. The minimum Gasteiger partial charge on any atom is -0.450 e. The zero-order valence-corrected chi connectivity index (χ0v) is 37.2. The normalized spacial score (nSPS) is 16.7. The first kappa shape index (κ1) is 46.6. The molecule has 2 fully saturated rings. The highest BCUT2D eigenvalue weighted by Gasteiger charge is 2.56. The van der Waals surface area contributed by atoms with Crippen LogP contribution < -0.4 is 26.6 Å². The Morgan fingerprint density at radius 2 is 1.56 bits per heavy atom. The first-order chi connectivity index (χ1) is 30.4. The van der Waals surface area contributed by atoms with Crippen LogP contribution in [0.1, 0.15) is 95.8 Å². The van der Waals surface area contributed by atoms with E-state index in [-0.39, 0.29) is 61.3 Å². The van der Waals surface area contributed by atoms with Gasteiger partial charge in [-0.2, -0.15) is 15.0 Å². The summed E-state index contributed by atoms with van der Waals surface area (Å²) in [7, 11) is 0. The van der Waals surface area contributed by atoms with E-state index in [9.17, 15) is 28.8 Å². The van der Waals surface area contributed by atoms with Crippen molar-refractivity contribution in [3.8, 4) is 0 Å². The van der Waals surface area contributed by atoms with Crippen LogP contribution in [0.2, 0.25) is 0 Å². The van der Waals surface area contributed by atoms with Crippen LogP contribution in [0.5, 0.6) is 0 Å². The fourth-order valence-corrected chi connectivity index (χ4v) is 6.77. The largest absolute Gasteiger partial charge is 0.450 e. The van der Waals surface area contributed by atoms with E-state index in [0.717, 1.165) is 22.5 Å². The zero-order chi connectivity index (χ0) is 46.1. The summed E-state index contributed by atoms with van der Waals surface area (Å²) in [5.41, 5.74) is -1.36. The molecule has 4 aromatic rings. The Hall–Kier alpha value is -6.90. The van der Waals surface area contributed by atoms with Crippen LogP contribution in [-0.2, 0) is 51.3 Å². The molecule has 21 heteroatoms. The van der Waals surface area contributed by atoms with E-state index in [2.05, 4.69) is 46.9 Å². The average Bonchev–Trinajstić information content (AvgIpc) is 3.66. The molecule has 340 valence electrons. The summed E-state index contributed by atoms with van der Waals surface area (Å²) in [4.78, 5) is 89.0. The van der Waals surface area contributed by atoms with Crippen molar-refractivity contribution in [2.45, 2.75) is 115 Å². The molecule has 2 atom stereocenters. The van der Waals surface area contributed by atoms with Crippen molar-refractivity contribution >= 4 is 58.1 Å². The quantitative estimate of drug-likeness (QED) is 0.0234. The Kier molecular flexibility index (Phi) is 14.6. The van der Waals surface area contributed by atoms with Gasteiger partial charge >= 0.3 is 18.2 Å². The third-order valence-corrected chi connectivity index (χ3v) is 10.1. The monoisotopic (exact) mass is 900 g/mol. The predicted molar refractivity (Wildman–Crippen MR) is 232 cm³/mol. The average molecular weight is 901 g/mol. The summed E-state index contributed by atoms with van der Waals surface area (Å²) >= 11 is 0.989. The van der Waals surface area contributed by atoms with Crippen molar-refractivity contribution < 1.29 is 47.8 Å². The van der Waals surface area contributed by atoms with Crippen LogP contribution in [0.3, 0.4) is 0 Å². The summed E-state index contributed by atoms with van der Waals surface area (Å²) in [6.07, 6.45) is 0.459. The fraction of sp³-hybridized carbons (Fsp3) is 0.442. The number of oxime groups is 1. The highest BCUT2D eigenvalue weighted by atomic mass is 32.1. The second-order valence-corrected chi connectivity index (χ2v) is 17.9. The van der Waals surface area contributed by atoms with Gasteiger partial charge in [0.25, 0.3) is 5.91 Å². The first-order valence-electron chi connectivity index (χ1n) is 20.6. The van der Waals surface area contributed by atoms with E-state index >= 15 is 0 Å². The van der Waals surface area contributed by atoms with E-state index in [1.807, 2.05) is 60.7 Å². The number of alkyl carbamates (subject to hydrolysis) is 1.